The number of ether oxygens (including phenoxy) is 1. The predicted molar refractivity (Wildman–Crippen MR) is 83.9 cm³/mol. The second-order valence-electron chi connectivity index (χ2n) is 5.74. The van der Waals surface area contributed by atoms with Crippen LogP contribution >= 0.6 is 0 Å². The number of carbonyl (C=O) groups is 1. The van der Waals surface area contributed by atoms with Crippen LogP contribution in [-0.2, 0) is 4.74 Å². The number of methoxy groups -OCH3 is 1. The van der Waals surface area contributed by atoms with Gasteiger partial charge in [-0.3, -0.25) is 0 Å². The Kier molecular flexibility index (Phi) is 8.40. The summed E-state index contributed by atoms with van der Waals surface area (Å²) in [6, 6.07) is 0.741. The Morgan fingerprint density at radius 1 is 1.10 bits per heavy atom. The van der Waals surface area contributed by atoms with Crippen molar-refractivity contribution in [1.29, 1.82) is 0 Å². The number of piperidine rings is 1. The highest BCUT2D eigenvalue weighted by atomic mass is 16.5. The Morgan fingerprint density at radius 2 is 1.75 bits per heavy atom. The van der Waals surface area contributed by atoms with Gasteiger partial charge in [-0.05, 0) is 44.9 Å². The lowest BCUT2D eigenvalue weighted by Gasteiger charge is -2.41. The Hall–Kier alpha value is -0.990. The quantitative estimate of drug-likeness (QED) is 0.620. The molecule has 3 nitrogen and oxygen atoms in total. The van der Waals surface area contributed by atoms with Crippen molar-refractivity contribution in [2.75, 3.05) is 7.11 Å². The highest BCUT2D eigenvalue weighted by Crippen LogP contribution is 2.29. The summed E-state index contributed by atoms with van der Waals surface area (Å²) >= 11 is 0. The molecule has 1 aliphatic heterocycles. The van der Waals surface area contributed by atoms with Gasteiger partial charge < -0.3 is 9.64 Å². The van der Waals surface area contributed by atoms with Gasteiger partial charge in [0.25, 0.3) is 0 Å². The van der Waals surface area contributed by atoms with E-state index in [0.29, 0.717) is 12.1 Å². The molecule has 0 N–H and O–H groups in total. The molecule has 0 aromatic heterocycles. The van der Waals surface area contributed by atoms with E-state index in [1.807, 2.05) is 4.90 Å². The van der Waals surface area contributed by atoms with Crippen LogP contribution in [0.3, 0.4) is 0 Å². The number of nitrogens with zero attached hydrogens (tertiary/aromatic N) is 1. The fourth-order valence-corrected chi connectivity index (χ4v) is 3.16. The number of hydrogen-bond donors (Lipinski definition) is 0. The van der Waals surface area contributed by atoms with E-state index in [2.05, 4.69) is 26.0 Å². The molecule has 0 aromatic carbocycles. The summed E-state index contributed by atoms with van der Waals surface area (Å²) in [4.78, 5) is 14.1. The molecule has 1 aliphatic rings. The van der Waals surface area contributed by atoms with Gasteiger partial charge in [0.05, 0.1) is 7.11 Å². The summed E-state index contributed by atoms with van der Waals surface area (Å²) in [5.74, 6) is 0. The number of amides is 1. The van der Waals surface area contributed by atoms with Gasteiger partial charge in [0.15, 0.2) is 0 Å². The maximum atomic E-state index is 12.1. The SMILES string of the molecule is CCC/C=C/CC[C@H]1CCC[C@@H](CCC)N1C(=O)OC. The normalized spacial score (nSPS) is 23.2. The molecule has 0 bridgehead atoms. The van der Waals surface area contributed by atoms with Crippen molar-refractivity contribution in [2.24, 2.45) is 0 Å². The maximum absolute atomic E-state index is 12.1. The fraction of sp³-hybridized carbons (Fsp3) is 0.824. The molecule has 2 atom stereocenters. The first kappa shape index (κ1) is 17.1. The minimum atomic E-state index is -0.134. The number of likely N-dealkylation sites (tertiary alicyclic amines) is 1. The lowest BCUT2D eigenvalue weighted by Crippen LogP contribution is -2.50. The Morgan fingerprint density at radius 3 is 2.35 bits per heavy atom. The molecule has 0 radical (unpaired) electrons. The molecule has 1 saturated heterocycles. The number of rotatable bonds is 7. The van der Waals surface area contributed by atoms with E-state index in [1.165, 1.54) is 20.0 Å². The molecule has 20 heavy (non-hydrogen) atoms. The zero-order valence-electron chi connectivity index (χ0n) is 13.4. The Balaban J connectivity index is 2.57. The van der Waals surface area contributed by atoms with E-state index in [0.717, 1.165) is 44.9 Å². The standard InChI is InChI=1S/C17H31NO2/c1-4-6-7-8-9-12-16-14-10-13-15(11-5-2)18(16)17(19)20-3/h7-8,15-16H,4-6,9-14H2,1-3H3/b8-7+/t15-,16+/m1/s1. The molecule has 0 aromatic rings. The average molecular weight is 281 g/mol. The third kappa shape index (κ3) is 5.18. The van der Waals surface area contributed by atoms with Crippen molar-refractivity contribution in [3.8, 4) is 0 Å². The van der Waals surface area contributed by atoms with Crippen LogP contribution in [0.5, 0.6) is 0 Å². The second-order valence-corrected chi connectivity index (χ2v) is 5.74. The lowest BCUT2D eigenvalue weighted by atomic mass is 9.91. The first-order chi connectivity index (χ1) is 9.74. The summed E-state index contributed by atoms with van der Waals surface area (Å²) in [7, 11) is 1.50. The third-order valence-corrected chi connectivity index (χ3v) is 4.16. The maximum Gasteiger partial charge on any atom is 0.409 e. The summed E-state index contributed by atoms with van der Waals surface area (Å²) in [6.45, 7) is 4.38. The number of allylic oxidation sites excluding steroid dienone is 2. The molecule has 0 spiro atoms. The van der Waals surface area contributed by atoms with Gasteiger partial charge >= 0.3 is 6.09 Å². The summed E-state index contributed by atoms with van der Waals surface area (Å²) in [5.41, 5.74) is 0. The smallest absolute Gasteiger partial charge is 0.409 e. The molecule has 1 fully saturated rings. The van der Waals surface area contributed by atoms with Gasteiger partial charge in [-0.2, -0.15) is 0 Å². The topological polar surface area (TPSA) is 29.5 Å². The summed E-state index contributed by atoms with van der Waals surface area (Å²) in [6.07, 6.45) is 14.6. The van der Waals surface area contributed by atoms with Gasteiger partial charge in [0.1, 0.15) is 0 Å². The van der Waals surface area contributed by atoms with Crippen LogP contribution in [0.15, 0.2) is 12.2 Å². The van der Waals surface area contributed by atoms with Crippen molar-refractivity contribution in [2.45, 2.75) is 83.7 Å². The summed E-state index contributed by atoms with van der Waals surface area (Å²) < 4.78 is 5.01. The molecule has 0 aliphatic carbocycles. The minimum Gasteiger partial charge on any atom is -0.453 e. The molecule has 0 unspecified atom stereocenters. The molecule has 1 amide bonds. The summed E-state index contributed by atoms with van der Waals surface area (Å²) in [5, 5.41) is 0. The van der Waals surface area contributed by atoms with Gasteiger partial charge in [-0.1, -0.05) is 38.8 Å². The molecule has 3 heteroatoms. The largest absolute Gasteiger partial charge is 0.453 e. The first-order valence-electron chi connectivity index (χ1n) is 8.25. The van der Waals surface area contributed by atoms with E-state index in [4.69, 9.17) is 4.74 Å². The minimum absolute atomic E-state index is 0.134. The van der Waals surface area contributed by atoms with E-state index in [-0.39, 0.29) is 6.09 Å². The Bertz CT molecular complexity index is 299. The number of unbranched alkanes of at least 4 members (excludes halogenated alkanes) is 1. The lowest BCUT2D eigenvalue weighted by molar-refractivity contribution is 0.0526. The number of carbonyl (C=O) groups excluding carboxylic acids is 1. The highest BCUT2D eigenvalue weighted by molar-refractivity contribution is 5.68. The third-order valence-electron chi connectivity index (χ3n) is 4.16. The molecule has 116 valence electrons. The Labute approximate surface area is 124 Å². The van der Waals surface area contributed by atoms with Crippen molar-refractivity contribution in [1.82, 2.24) is 4.90 Å². The molecule has 1 heterocycles. The second kappa shape index (κ2) is 9.84. The van der Waals surface area contributed by atoms with Crippen molar-refractivity contribution in [3.63, 3.8) is 0 Å². The van der Waals surface area contributed by atoms with E-state index < -0.39 is 0 Å². The molecular formula is C17H31NO2. The van der Waals surface area contributed by atoms with Gasteiger partial charge in [0.2, 0.25) is 0 Å². The van der Waals surface area contributed by atoms with Crippen LogP contribution in [0.4, 0.5) is 4.79 Å². The van der Waals surface area contributed by atoms with Gasteiger partial charge in [-0.15, -0.1) is 0 Å². The zero-order chi connectivity index (χ0) is 14.8. The monoisotopic (exact) mass is 281 g/mol. The van der Waals surface area contributed by atoms with Crippen molar-refractivity contribution in [3.05, 3.63) is 12.2 Å². The van der Waals surface area contributed by atoms with Crippen LogP contribution in [0.25, 0.3) is 0 Å². The average Bonchev–Trinajstić information content (AvgIpc) is 2.47. The van der Waals surface area contributed by atoms with Crippen LogP contribution in [0, 0.1) is 0 Å². The molecular weight excluding hydrogens is 250 g/mol. The van der Waals surface area contributed by atoms with Crippen LogP contribution in [-0.4, -0.2) is 30.2 Å². The van der Waals surface area contributed by atoms with Crippen molar-refractivity contribution >= 4 is 6.09 Å². The molecule has 0 saturated carbocycles. The predicted octanol–water partition coefficient (Wildman–Crippen LogP) is 4.91. The van der Waals surface area contributed by atoms with Gasteiger partial charge in [-0.25, -0.2) is 4.79 Å². The van der Waals surface area contributed by atoms with E-state index >= 15 is 0 Å². The van der Waals surface area contributed by atoms with E-state index in [1.54, 1.807) is 0 Å². The van der Waals surface area contributed by atoms with Crippen LogP contribution in [0.1, 0.15) is 71.6 Å². The first-order valence-corrected chi connectivity index (χ1v) is 8.25. The fourth-order valence-electron chi connectivity index (χ4n) is 3.16. The number of hydrogen-bond acceptors (Lipinski definition) is 2. The zero-order valence-corrected chi connectivity index (χ0v) is 13.4. The molecule has 1 rings (SSSR count). The van der Waals surface area contributed by atoms with E-state index in [9.17, 15) is 4.79 Å². The van der Waals surface area contributed by atoms with Crippen LogP contribution < -0.4 is 0 Å². The van der Waals surface area contributed by atoms with Gasteiger partial charge in [0, 0.05) is 12.1 Å². The van der Waals surface area contributed by atoms with Crippen LogP contribution in [0.2, 0.25) is 0 Å². The van der Waals surface area contributed by atoms with Crippen molar-refractivity contribution < 1.29 is 9.53 Å². The highest BCUT2D eigenvalue weighted by Gasteiger charge is 2.33.